The lowest BCUT2D eigenvalue weighted by Gasteiger charge is -2.23. The lowest BCUT2D eigenvalue weighted by atomic mass is 10.2. The minimum absolute atomic E-state index is 0.326. The lowest BCUT2D eigenvalue weighted by Crippen LogP contribution is -2.31. The molecule has 0 bridgehead atoms. The van der Waals surface area contributed by atoms with Crippen molar-refractivity contribution in [1.29, 1.82) is 0 Å². The molecule has 1 heterocycles. The average molecular weight is 254 g/mol. The van der Waals surface area contributed by atoms with Crippen LogP contribution in [0, 0.1) is 5.92 Å². The highest BCUT2D eigenvalue weighted by Crippen LogP contribution is 2.34. The van der Waals surface area contributed by atoms with Gasteiger partial charge in [0.1, 0.15) is 5.69 Å². The van der Waals surface area contributed by atoms with Gasteiger partial charge in [0.25, 0.3) is 5.91 Å². The van der Waals surface area contributed by atoms with Crippen LogP contribution in [0.25, 0.3) is 0 Å². The van der Waals surface area contributed by atoms with Gasteiger partial charge >= 0.3 is 0 Å². The SMILES string of the molecule is CC(C)CN(c1nc(C(=O)NN)cs1)C1CC1. The van der Waals surface area contributed by atoms with Crippen LogP contribution < -0.4 is 16.2 Å². The van der Waals surface area contributed by atoms with Gasteiger partial charge < -0.3 is 4.90 Å². The normalized spacial score (nSPS) is 15.1. The number of rotatable bonds is 5. The van der Waals surface area contributed by atoms with E-state index in [1.807, 2.05) is 0 Å². The summed E-state index contributed by atoms with van der Waals surface area (Å²) in [4.78, 5) is 18.0. The quantitative estimate of drug-likeness (QED) is 0.473. The summed E-state index contributed by atoms with van der Waals surface area (Å²) >= 11 is 1.51. The topological polar surface area (TPSA) is 71.2 Å². The Morgan fingerprint density at radius 3 is 2.94 bits per heavy atom. The van der Waals surface area contributed by atoms with Crippen molar-refractivity contribution in [2.24, 2.45) is 11.8 Å². The van der Waals surface area contributed by atoms with Crippen LogP contribution in [0.2, 0.25) is 0 Å². The third kappa shape index (κ3) is 2.95. The minimum atomic E-state index is -0.326. The summed E-state index contributed by atoms with van der Waals surface area (Å²) in [6, 6.07) is 0.609. The van der Waals surface area contributed by atoms with Crippen molar-refractivity contribution in [2.75, 3.05) is 11.4 Å². The second-order valence-electron chi connectivity index (χ2n) is 4.77. The van der Waals surface area contributed by atoms with E-state index in [-0.39, 0.29) is 5.91 Å². The number of nitrogens with one attached hydrogen (secondary N) is 1. The number of thiazole rings is 1. The molecule has 1 aromatic rings. The molecule has 0 aliphatic heterocycles. The molecule has 1 aliphatic rings. The fourth-order valence-corrected chi connectivity index (χ4v) is 2.62. The Bertz CT molecular complexity index is 400. The smallest absolute Gasteiger partial charge is 0.284 e. The minimum Gasteiger partial charge on any atom is -0.345 e. The van der Waals surface area contributed by atoms with Gasteiger partial charge in [-0.3, -0.25) is 10.2 Å². The van der Waals surface area contributed by atoms with Crippen molar-refractivity contribution in [3.63, 3.8) is 0 Å². The maximum atomic E-state index is 11.3. The maximum Gasteiger partial charge on any atom is 0.284 e. The molecular weight excluding hydrogens is 236 g/mol. The summed E-state index contributed by atoms with van der Waals surface area (Å²) in [5, 5.41) is 2.69. The number of nitrogens with two attached hydrogens (primary N) is 1. The molecule has 0 saturated heterocycles. The van der Waals surface area contributed by atoms with E-state index in [1.54, 1.807) is 5.38 Å². The van der Waals surface area contributed by atoms with Crippen molar-refractivity contribution in [1.82, 2.24) is 10.4 Å². The van der Waals surface area contributed by atoms with Crippen molar-refractivity contribution in [2.45, 2.75) is 32.7 Å². The number of hydrogen-bond donors (Lipinski definition) is 2. The van der Waals surface area contributed by atoms with Crippen LogP contribution in [0.15, 0.2) is 5.38 Å². The van der Waals surface area contributed by atoms with Crippen LogP contribution in [0.5, 0.6) is 0 Å². The molecule has 94 valence electrons. The third-order valence-corrected chi connectivity index (χ3v) is 3.53. The van der Waals surface area contributed by atoms with Crippen LogP contribution in [-0.2, 0) is 0 Å². The van der Waals surface area contributed by atoms with Gasteiger partial charge in [0, 0.05) is 18.0 Å². The standard InChI is InChI=1S/C11H18N4OS/c1-7(2)5-15(8-3-4-8)11-13-9(6-17-11)10(16)14-12/h6-8H,3-5,12H2,1-2H3,(H,14,16). The Balaban J connectivity index is 2.12. The van der Waals surface area contributed by atoms with Gasteiger partial charge in [-0.25, -0.2) is 10.8 Å². The van der Waals surface area contributed by atoms with Gasteiger partial charge in [-0.15, -0.1) is 11.3 Å². The highest BCUT2D eigenvalue weighted by Gasteiger charge is 2.31. The molecule has 2 rings (SSSR count). The van der Waals surface area contributed by atoms with E-state index in [9.17, 15) is 4.79 Å². The first-order valence-corrected chi connectivity index (χ1v) is 6.73. The number of nitrogens with zero attached hydrogens (tertiary/aromatic N) is 2. The molecule has 0 spiro atoms. The zero-order chi connectivity index (χ0) is 12.4. The zero-order valence-electron chi connectivity index (χ0n) is 10.1. The second kappa shape index (κ2) is 5.01. The van der Waals surface area contributed by atoms with E-state index < -0.39 is 0 Å². The van der Waals surface area contributed by atoms with E-state index in [4.69, 9.17) is 5.84 Å². The number of hydrogen-bond acceptors (Lipinski definition) is 5. The van der Waals surface area contributed by atoms with Crippen LogP contribution in [0.1, 0.15) is 37.2 Å². The summed E-state index contributed by atoms with van der Waals surface area (Å²) in [5.74, 6) is 5.36. The second-order valence-corrected chi connectivity index (χ2v) is 5.60. The molecule has 1 aliphatic carbocycles. The molecular formula is C11H18N4OS. The molecule has 0 atom stereocenters. The van der Waals surface area contributed by atoms with Gasteiger partial charge in [0.05, 0.1) is 0 Å². The Kier molecular flexibility index (Phi) is 3.63. The Morgan fingerprint density at radius 1 is 1.71 bits per heavy atom. The van der Waals surface area contributed by atoms with Crippen molar-refractivity contribution in [3.8, 4) is 0 Å². The van der Waals surface area contributed by atoms with Crippen LogP contribution in [0.4, 0.5) is 5.13 Å². The van der Waals surface area contributed by atoms with Crippen molar-refractivity contribution >= 4 is 22.4 Å². The van der Waals surface area contributed by atoms with E-state index in [0.717, 1.165) is 11.7 Å². The Hall–Kier alpha value is -1.14. The predicted octanol–water partition coefficient (Wildman–Crippen LogP) is 1.37. The molecule has 1 amide bonds. The summed E-state index contributed by atoms with van der Waals surface area (Å²) in [6.07, 6.45) is 2.45. The van der Waals surface area contributed by atoms with Gasteiger partial charge in [-0.05, 0) is 18.8 Å². The van der Waals surface area contributed by atoms with Crippen molar-refractivity contribution in [3.05, 3.63) is 11.1 Å². The predicted molar refractivity (Wildman–Crippen MR) is 69.0 cm³/mol. The third-order valence-electron chi connectivity index (χ3n) is 2.65. The Morgan fingerprint density at radius 2 is 2.41 bits per heavy atom. The van der Waals surface area contributed by atoms with Gasteiger partial charge in [0.15, 0.2) is 5.13 Å². The highest BCUT2D eigenvalue weighted by atomic mass is 32.1. The van der Waals surface area contributed by atoms with E-state index in [2.05, 4.69) is 29.2 Å². The first-order chi connectivity index (χ1) is 8.11. The summed E-state index contributed by atoms with van der Waals surface area (Å²) in [5.41, 5.74) is 2.51. The molecule has 17 heavy (non-hydrogen) atoms. The summed E-state index contributed by atoms with van der Waals surface area (Å²) < 4.78 is 0. The number of amides is 1. The molecule has 3 N–H and O–H groups in total. The highest BCUT2D eigenvalue weighted by molar-refractivity contribution is 7.14. The van der Waals surface area contributed by atoms with Crippen molar-refractivity contribution < 1.29 is 4.79 Å². The van der Waals surface area contributed by atoms with Crippen LogP contribution >= 0.6 is 11.3 Å². The summed E-state index contributed by atoms with van der Waals surface area (Å²) in [7, 11) is 0. The number of carbonyl (C=O) groups excluding carboxylic acids is 1. The number of hydrazine groups is 1. The fraction of sp³-hybridized carbons (Fsp3) is 0.636. The summed E-state index contributed by atoms with van der Waals surface area (Å²) in [6.45, 7) is 5.37. The molecule has 0 aromatic carbocycles. The van der Waals surface area contributed by atoms with E-state index in [0.29, 0.717) is 17.7 Å². The molecule has 6 heteroatoms. The lowest BCUT2D eigenvalue weighted by molar-refractivity contribution is 0.0949. The maximum absolute atomic E-state index is 11.3. The molecule has 1 fully saturated rings. The van der Waals surface area contributed by atoms with Gasteiger partial charge in [-0.2, -0.15) is 0 Å². The first kappa shape index (κ1) is 12.3. The zero-order valence-corrected chi connectivity index (χ0v) is 11.0. The van der Waals surface area contributed by atoms with Crippen LogP contribution in [-0.4, -0.2) is 23.5 Å². The fourth-order valence-electron chi connectivity index (χ4n) is 1.74. The largest absolute Gasteiger partial charge is 0.345 e. The van der Waals surface area contributed by atoms with Gasteiger partial charge in [-0.1, -0.05) is 13.8 Å². The van der Waals surface area contributed by atoms with Gasteiger partial charge in [0.2, 0.25) is 0 Å². The molecule has 1 aromatic heterocycles. The first-order valence-electron chi connectivity index (χ1n) is 5.85. The van der Waals surface area contributed by atoms with E-state index in [1.165, 1.54) is 24.2 Å². The molecule has 1 saturated carbocycles. The Labute approximate surface area is 105 Å². The number of nitrogen functional groups attached to an aromatic ring is 1. The average Bonchev–Trinajstić information content (AvgIpc) is 3.02. The molecule has 0 unspecified atom stereocenters. The molecule has 5 nitrogen and oxygen atoms in total. The monoisotopic (exact) mass is 254 g/mol. The number of aromatic nitrogens is 1. The molecule has 0 radical (unpaired) electrons. The number of carbonyl (C=O) groups is 1. The van der Waals surface area contributed by atoms with E-state index >= 15 is 0 Å². The number of anilines is 1. The van der Waals surface area contributed by atoms with Crippen LogP contribution in [0.3, 0.4) is 0 Å².